The summed E-state index contributed by atoms with van der Waals surface area (Å²) in [6, 6.07) is 16.9. The van der Waals surface area contributed by atoms with Crippen molar-refractivity contribution in [3.05, 3.63) is 65.7 Å². The van der Waals surface area contributed by atoms with Crippen molar-refractivity contribution in [2.45, 2.75) is 45.7 Å². The Kier molecular flexibility index (Phi) is 8.53. The summed E-state index contributed by atoms with van der Waals surface area (Å²) in [5, 5.41) is 2.89. The van der Waals surface area contributed by atoms with Crippen LogP contribution in [0.4, 0.5) is 0 Å². The number of ether oxygens (including phenoxy) is 1. The molecule has 2 aromatic rings. The van der Waals surface area contributed by atoms with E-state index in [1.165, 1.54) is 0 Å². The molecule has 0 saturated carbocycles. The minimum atomic E-state index is -0.562. The van der Waals surface area contributed by atoms with E-state index in [4.69, 9.17) is 4.74 Å². The highest BCUT2D eigenvalue weighted by atomic mass is 16.5. The number of nitrogens with zero attached hydrogens (tertiary/aromatic N) is 1. The summed E-state index contributed by atoms with van der Waals surface area (Å²) in [6.07, 6.45) is 1.63. The zero-order chi connectivity index (χ0) is 20.4. The molecule has 2 amide bonds. The van der Waals surface area contributed by atoms with Crippen LogP contribution >= 0.6 is 0 Å². The van der Waals surface area contributed by atoms with Crippen LogP contribution in [0.1, 0.15) is 37.8 Å². The molecule has 0 spiro atoms. The number of carbonyl (C=O) groups excluding carboxylic acids is 2. The van der Waals surface area contributed by atoms with E-state index in [2.05, 4.69) is 5.32 Å². The highest BCUT2D eigenvalue weighted by Crippen LogP contribution is 2.19. The van der Waals surface area contributed by atoms with Gasteiger partial charge < -0.3 is 15.0 Å². The Bertz CT molecular complexity index is 761. The van der Waals surface area contributed by atoms with Crippen LogP contribution in [0.15, 0.2) is 54.6 Å². The molecule has 28 heavy (non-hydrogen) atoms. The van der Waals surface area contributed by atoms with Crippen molar-refractivity contribution in [2.24, 2.45) is 0 Å². The second-order valence-electron chi connectivity index (χ2n) is 6.72. The van der Waals surface area contributed by atoms with E-state index < -0.39 is 6.04 Å². The molecule has 1 N–H and O–H groups in total. The first kappa shape index (κ1) is 21.5. The normalized spacial score (nSPS) is 11.5. The van der Waals surface area contributed by atoms with Gasteiger partial charge in [-0.15, -0.1) is 0 Å². The van der Waals surface area contributed by atoms with E-state index in [1.54, 1.807) is 12.0 Å². The standard InChI is InChI=1S/C23H30N2O3/c1-4-10-22(26)25(17-19-13-9-14-20(15-19)28-3)21(23(27)24-5-2)16-18-11-7-6-8-12-18/h6-9,11-15,21H,4-5,10,16-17H2,1-3H3,(H,24,27)/t21-/m1/s1. The quantitative estimate of drug-likeness (QED) is 0.683. The van der Waals surface area contributed by atoms with Crippen LogP contribution in [0.25, 0.3) is 0 Å². The van der Waals surface area contributed by atoms with Crippen molar-refractivity contribution < 1.29 is 14.3 Å². The lowest BCUT2D eigenvalue weighted by Crippen LogP contribution is -2.50. The van der Waals surface area contributed by atoms with Gasteiger partial charge in [-0.05, 0) is 36.6 Å². The molecule has 0 fully saturated rings. The second kappa shape index (κ2) is 11.1. The summed E-state index contributed by atoms with van der Waals surface area (Å²) in [4.78, 5) is 27.5. The summed E-state index contributed by atoms with van der Waals surface area (Å²) in [5.41, 5.74) is 1.96. The average Bonchev–Trinajstić information content (AvgIpc) is 2.71. The lowest BCUT2D eigenvalue weighted by molar-refractivity contribution is -0.141. The highest BCUT2D eigenvalue weighted by molar-refractivity contribution is 5.88. The van der Waals surface area contributed by atoms with E-state index in [-0.39, 0.29) is 11.8 Å². The Morgan fingerprint density at radius 1 is 1.04 bits per heavy atom. The molecule has 0 radical (unpaired) electrons. The monoisotopic (exact) mass is 382 g/mol. The van der Waals surface area contributed by atoms with E-state index in [0.717, 1.165) is 23.3 Å². The molecule has 0 aromatic heterocycles. The number of likely N-dealkylation sites (N-methyl/N-ethyl adjacent to an activating group) is 1. The van der Waals surface area contributed by atoms with Crippen LogP contribution in [-0.4, -0.2) is 36.4 Å². The SMILES string of the molecule is CCCC(=O)N(Cc1cccc(OC)c1)[C@H](Cc1ccccc1)C(=O)NCC. The number of amides is 2. The summed E-state index contributed by atoms with van der Waals surface area (Å²) in [7, 11) is 1.62. The van der Waals surface area contributed by atoms with Gasteiger partial charge in [0.2, 0.25) is 11.8 Å². The number of hydrogen-bond acceptors (Lipinski definition) is 3. The fourth-order valence-corrected chi connectivity index (χ4v) is 3.17. The van der Waals surface area contributed by atoms with Crippen molar-refractivity contribution in [1.29, 1.82) is 0 Å². The Labute approximate surface area is 167 Å². The molecule has 150 valence electrons. The van der Waals surface area contributed by atoms with Gasteiger partial charge in [0.25, 0.3) is 0 Å². The van der Waals surface area contributed by atoms with Crippen molar-refractivity contribution >= 4 is 11.8 Å². The topological polar surface area (TPSA) is 58.6 Å². The summed E-state index contributed by atoms with van der Waals surface area (Å²) in [6.45, 7) is 4.75. The first-order valence-electron chi connectivity index (χ1n) is 9.83. The minimum absolute atomic E-state index is 0.0162. The molecule has 1 atom stereocenters. The van der Waals surface area contributed by atoms with Gasteiger partial charge >= 0.3 is 0 Å². The van der Waals surface area contributed by atoms with Gasteiger partial charge in [-0.2, -0.15) is 0 Å². The molecule has 0 aliphatic carbocycles. The summed E-state index contributed by atoms with van der Waals surface area (Å²) in [5.74, 6) is 0.592. The van der Waals surface area contributed by atoms with E-state index in [1.807, 2.05) is 68.4 Å². The molecule has 0 aliphatic heterocycles. The fourth-order valence-electron chi connectivity index (χ4n) is 3.17. The molecule has 2 rings (SSSR count). The van der Waals surface area contributed by atoms with Gasteiger partial charge in [0, 0.05) is 25.9 Å². The van der Waals surface area contributed by atoms with Gasteiger partial charge in [-0.3, -0.25) is 9.59 Å². The van der Waals surface area contributed by atoms with Crippen LogP contribution in [-0.2, 0) is 22.6 Å². The van der Waals surface area contributed by atoms with Crippen LogP contribution in [0, 0.1) is 0 Å². The third-order valence-electron chi connectivity index (χ3n) is 4.57. The first-order valence-corrected chi connectivity index (χ1v) is 9.83. The van der Waals surface area contributed by atoms with Crippen molar-refractivity contribution in [2.75, 3.05) is 13.7 Å². The van der Waals surface area contributed by atoms with Gasteiger partial charge in [0.05, 0.1) is 7.11 Å². The number of methoxy groups -OCH3 is 1. The first-order chi connectivity index (χ1) is 13.6. The average molecular weight is 383 g/mol. The maximum atomic E-state index is 13.0. The third-order valence-corrected chi connectivity index (χ3v) is 4.57. The second-order valence-corrected chi connectivity index (χ2v) is 6.72. The molecule has 0 bridgehead atoms. The Morgan fingerprint density at radius 2 is 1.75 bits per heavy atom. The highest BCUT2D eigenvalue weighted by Gasteiger charge is 2.29. The van der Waals surface area contributed by atoms with Gasteiger partial charge in [0.1, 0.15) is 11.8 Å². The summed E-state index contributed by atoms with van der Waals surface area (Å²) >= 11 is 0. The van der Waals surface area contributed by atoms with Gasteiger partial charge in [0.15, 0.2) is 0 Å². The Hall–Kier alpha value is -2.82. The minimum Gasteiger partial charge on any atom is -0.497 e. The predicted molar refractivity (Wildman–Crippen MR) is 111 cm³/mol. The molecule has 0 unspecified atom stereocenters. The van der Waals surface area contributed by atoms with Crippen LogP contribution in [0.5, 0.6) is 5.75 Å². The smallest absolute Gasteiger partial charge is 0.243 e. The van der Waals surface area contributed by atoms with Crippen molar-refractivity contribution in [1.82, 2.24) is 10.2 Å². The largest absolute Gasteiger partial charge is 0.497 e. The zero-order valence-electron chi connectivity index (χ0n) is 17.0. The zero-order valence-corrected chi connectivity index (χ0v) is 17.0. The van der Waals surface area contributed by atoms with Crippen molar-refractivity contribution in [3.8, 4) is 5.75 Å². The maximum Gasteiger partial charge on any atom is 0.243 e. The maximum absolute atomic E-state index is 13.0. The number of hydrogen-bond donors (Lipinski definition) is 1. The molecule has 2 aromatic carbocycles. The van der Waals surface area contributed by atoms with E-state index in [0.29, 0.717) is 25.9 Å². The predicted octanol–water partition coefficient (Wildman–Crippen LogP) is 3.57. The molecule has 5 heteroatoms. The van der Waals surface area contributed by atoms with Crippen LogP contribution in [0.2, 0.25) is 0 Å². The van der Waals surface area contributed by atoms with Gasteiger partial charge in [-0.1, -0.05) is 49.4 Å². The third kappa shape index (κ3) is 6.12. The number of benzene rings is 2. The van der Waals surface area contributed by atoms with E-state index >= 15 is 0 Å². The lowest BCUT2D eigenvalue weighted by atomic mass is 10.0. The molecule has 0 aliphatic rings. The number of rotatable bonds is 10. The molecular weight excluding hydrogens is 352 g/mol. The van der Waals surface area contributed by atoms with Crippen LogP contribution < -0.4 is 10.1 Å². The molecule has 0 saturated heterocycles. The van der Waals surface area contributed by atoms with Crippen molar-refractivity contribution in [3.63, 3.8) is 0 Å². The van der Waals surface area contributed by atoms with E-state index in [9.17, 15) is 9.59 Å². The lowest BCUT2D eigenvalue weighted by Gasteiger charge is -2.31. The van der Waals surface area contributed by atoms with Gasteiger partial charge in [-0.25, -0.2) is 0 Å². The molecule has 5 nitrogen and oxygen atoms in total. The number of nitrogens with one attached hydrogen (secondary N) is 1. The van der Waals surface area contributed by atoms with Crippen LogP contribution in [0.3, 0.4) is 0 Å². The molecular formula is C23H30N2O3. The Morgan fingerprint density at radius 3 is 2.39 bits per heavy atom. The Balaban J connectivity index is 2.35. The molecule has 0 heterocycles. The summed E-state index contributed by atoms with van der Waals surface area (Å²) < 4.78 is 5.30. The number of carbonyl (C=O) groups is 2. The fraction of sp³-hybridized carbons (Fsp3) is 0.391.